The normalized spacial score (nSPS) is 13.9. The number of carbonyl (C=O) groups is 1. The molecule has 0 aliphatic heterocycles. The first-order valence-corrected chi connectivity index (χ1v) is 6.40. The highest BCUT2D eigenvalue weighted by molar-refractivity contribution is 5.81. The number of esters is 1. The molecule has 1 N–H and O–H groups in total. The molecule has 0 bridgehead atoms. The van der Waals surface area contributed by atoms with E-state index in [1.165, 1.54) is 6.08 Å². The van der Waals surface area contributed by atoms with Crippen LogP contribution in [0.15, 0.2) is 12.2 Å². The fourth-order valence-corrected chi connectivity index (χ4v) is 1.90. The molecule has 0 saturated heterocycles. The monoisotopic (exact) mass is 244 g/mol. The van der Waals surface area contributed by atoms with E-state index < -0.39 is 12.3 Å². The molecule has 0 aromatic rings. The van der Waals surface area contributed by atoms with Crippen LogP contribution in [0.4, 0.5) is 0 Å². The van der Waals surface area contributed by atoms with Crippen LogP contribution in [-0.4, -0.2) is 48.0 Å². The van der Waals surface area contributed by atoms with Crippen molar-refractivity contribution < 1.29 is 19.1 Å². The van der Waals surface area contributed by atoms with Crippen molar-refractivity contribution in [3.63, 3.8) is 0 Å². The second-order valence-electron chi connectivity index (χ2n) is 4.19. The van der Waals surface area contributed by atoms with Crippen LogP contribution in [0.2, 0.25) is 0 Å². The molecular weight excluding hydrogens is 218 g/mol. The van der Waals surface area contributed by atoms with Gasteiger partial charge < -0.3 is 14.3 Å². The highest BCUT2D eigenvalue weighted by Gasteiger charge is 2.22. The van der Waals surface area contributed by atoms with E-state index in [4.69, 9.17) is 4.74 Å². The first kappa shape index (κ1) is 16.1. The van der Waals surface area contributed by atoms with E-state index in [0.717, 1.165) is 30.7 Å². The molecule has 0 aromatic heterocycles. The summed E-state index contributed by atoms with van der Waals surface area (Å²) in [4.78, 5) is 11.1. The summed E-state index contributed by atoms with van der Waals surface area (Å²) >= 11 is 0. The van der Waals surface area contributed by atoms with Gasteiger partial charge in [0.05, 0.1) is 32.6 Å². The zero-order valence-corrected chi connectivity index (χ0v) is 11.5. The number of aliphatic hydroxyl groups excluding tert-OH is 1. The first-order chi connectivity index (χ1) is 8.03. The number of allylic oxidation sites excluding steroid dienone is 1. The zero-order valence-electron chi connectivity index (χ0n) is 11.5. The average Bonchev–Trinajstić information content (AvgIpc) is 2.32. The van der Waals surface area contributed by atoms with Crippen LogP contribution in [0.5, 0.6) is 0 Å². The molecule has 0 aliphatic carbocycles. The van der Waals surface area contributed by atoms with Crippen LogP contribution in [0.25, 0.3) is 0 Å². The number of aliphatic hydroxyl groups is 1. The molecule has 1 atom stereocenters. The van der Waals surface area contributed by atoms with Gasteiger partial charge in [0.2, 0.25) is 6.29 Å². The summed E-state index contributed by atoms with van der Waals surface area (Å²) in [7, 11) is 0. The molecule has 0 fully saturated rings. The minimum absolute atomic E-state index is 0.484. The van der Waals surface area contributed by atoms with E-state index in [1.807, 2.05) is 0 Å². The van der Waals surface area contributed by atoms with Gasteiger partial charge in [-0.2, -0.15) is 0 Å². The summed E-state index contributed by atoms with van der Waals surface area (Å²) in [5, 5.41) is 9.61. The predicted molar refractivity (Wildman–Crippen MR) is 68.3 cm³/mol. The van der Waals surface area contributed by atoms with E-state index in [-0.39, 0.29) is 0 Å². The Labute approximate surface area is 104 Å². The fraction of sp³-hybridized carbons (Fsp3) is 0.769. The number of hydrogen-bond donors (Lipinski definition) is 1. The molecule has 0 spiro atoms. The van der Waals surface area contributed by atoms with Crippen LogP contribution >= 0.6 is 0 Å². The minimum Gasteiger partial charge on any atom is -0.433 e. The Hall–Kier alpha value is -0.870. The first-order valence-electron chi connectivity index (χ1n) is 6.40. The van der Waals surface area contributed by atoms with Crippen LogP contribution in [-0.2, 0) is 9.53 Å². The Morgan fingerprint density at radius 3 is 2.24 bits per heavy atom. The number of rotatable bonds is 8. The molecule has 100 valence electrons. The second-order valence-corrected chi connectivity index (χ2v) is 4.19. The number of ether oxygens (including phenoxy) is 1. The van der Waals surface area contributed by atoms with E-state index in [2.05, 4.69) is 20.8 Å². The molecule has 0 amide bonds. The molecule has 17 heavy (non-hydrogen) atoms. The standard InChI is InChI=1S/C13H26NO3/c1-5-9-12(15)17-13(16)10-11-14(6-2,7-3)8-4/h5,9,13,16H,6-8,10-11H2,1-4H3/q+1. The molecule has 0 heterocycles. The fourth-order valence-electron chi connectivity index (χ4n) is 1.90. The zero-order chi connectivity index (χ0) is 13.3. The van der Waals surface area contributed by atoms with Gasteiger partial charge in [0.15, 0.2) is 0 Å². The summed E-state index contributed by atoms with van der Waals surface area (Å²) in [6.07, 6.45) is 2.39. The van der Waals surface area contributed by atoms with Crippen molar-refractivity contribution >= 4 is 5.97 Å². The number of hydrogen-bond acceptors (Lipinski definition) is 3. The molecule has 0 radical (unpaired) electrons. The molecular formula is C13H26NO3+. The van der Waals surface area contributed by atoms with Crippen LogP contribution in [0.1, 0.15) is 34.1 Å². The molecule has 0 aliphatic rings. The lowest BCUT2D eigenvalue weighted by Crippen LogP contribution is -2.49. The van der Waals surface area contributed by atoms with Crippen molar-refractivity contribution in [3.8, 4) is 0 Å². The maximum atomic E-state index is 11.1. The van der Waals surface area contributed by atoms with Gasteiger partial charge >= 0.3 is 5.97 Å². The van der Waals surface area contributed by atoms with Crippen molar-refractivity contribution in [2.75, 3.05) is 26.2 Å². The van der Waals surface area contributed by atoms with Crippen LogP contribution < -0.4 is 0 Å². The molecule has 0 aromatic carbocycles. The quantitative estimate of drug-likeness (QED) is 0.306. The lowest BCUT2D eigenvalue weighted by Gasteiger charge is -2.36. The number of carbonyl (C=O) groups excluding carboxylic acids is 1. The van der Waals surface area contributed by atoms with E-state index in [9.17, 15) is 9.90 Å². The van der Waals surface area contributed by atoms with Gasteiger partial charge in [0.25, 0.3) is 0 Å². The smallest absolute Gasteiger partial charge is 0.332 e. The van der Waals surface area contributed by atoms with Crippen molar-refractivity contribution in [3.05, 3.63) is 12.2 Å². The summed E-state index contributed by atoms with van der Waals surface area (Å²) in [5.41, 5.74) is 0. The van der Waals surface area contributed by atoms with Gasteiger partial charge in [0, 0.05) is 6.08 Å². The minimum atomic E-state index is -0.999. The third kappa shape index (κ3) is 5.84. The van der Waals surface area contributed by atoms with Gasteiger partial charge in [-0.05, 0) is 27.7 Å². The summed E-state index contributed by atoms with van der Waals surface area (Å²) in [6, 6.07) is 0. The molecule has 1 unspecified atom stereocenters. The van der Waals surface area contributed by atoms with Gasteiger partial charge in [-0.1, -0.05) is 6.08 Å². The number of quaternary nitrogens is 1. The van der Waals surface area contributed by atoms with Crippen molar-refractivity contribution in [1.82, 2.24) is 0 Å². The summed E-state index contributed by atoms with van der Waals surface area (Å²) in [5.74, 6) is -0.484. The lowest BCUT2D eigenvalue weighted by molar-refractivity contribution is -0.924. The van der Waals surface area contributed by atoms with Gasteiger partial charge in [-0.3, -0.25) is 0 Å². The van der Waals surface area contributed by atoms with Crippen LogP contribution in [0.3, 0.4) is 0 Å². The third-order valence-electron chi connectivity index (χ3n) is 3.42. The maximum Gasteiger partial charge on any atom is 0.332 e. The second kappa shape index (κ2) is 8.25. The van der Waals surface area contributed by atoms with E-state index in [0.29, 0.717) is 6.42 Å². The highest BCUT2D eigenvalue weighted by Crippen LogP contribution is 2.09. The van der Waals surface area contributed by atoms with E-state index >= 15 is 0 Å². The summed E-state index contributed by atoms with van der Waals surface area (Å²) in [6.45, 7) is 12.1. The summed E-state index contributed by atoms with van der Waals surface area (Å²) < 4.78 is 5.78. The molecule has 4 heteroatoms. The van der Waals surface area contributed by atoms with Gasteiger partial charge in [-0.15, -0.1) is 0 Å². The van der Waals surface area contributed by atoms with E-state index in [1.54, 1.807) is 13.0 Å². The van der Waals surface area contributed by atoms with Crippen molar-refractivity contribution in [2.24, 2.45) is 0 Å². The lowest BCUT2D eigenvalue weighted by atomic mass is 10.2. The predicted octanol–water partition coefficient (Wildman–Crippen LogP) is 1.69. The molecule has 4 nitrogen and oxygen atoms in total. The largest absolute Gasteiger partial charge is 0.433 e. The topological polar surface area (TPSA) is 46.5 Å². The third-order valence-corrected chi connectivity index (χ3v) is 3.42. The SMILES string of the molecule is CC=CC(=O)OC(O)CC[N+](CC)(CC)CC. The van der Waals surface area contributed by atoms with Gasteiger partial charge in [0.1, 0.15) is 0 Å². The van der Waals surface area contributed by atoms with Gasteiger partial charge in [-0.25, -0.2) is 4.79 Å². The Morgan fingerprint density at radius 2 is 1.82 bits per heavy atom. The molecule has 0 saturated carbocycles. The molecule has 0 rings (SSSR count). The highest BCUT2D eigenvalue weighted by atomic mass is 16.6. The number of nitrogens with zero attached hydrogens (tertiary/aromatic N) is 1. The van der Waals surface area contributed by atoms with Crippen LogP contribution in [0, 0.1) is 0 Å². The maximum absolute atomic E-state index is 11.1. The Bertz CT molecular complexity index is 239. The van der Waals surface area contributed by atoms with Crippen molar-refractivity contribution in [1.29, 1.82) is 0 Å². The average molecular weight is 244 g/mol. The Kier molecular flexibility index (Phi) is 7.83. The Morgan fingerprint density at radius 1 is 1.29 bits per heavy atom. The Balaban J connectivity index is 4.13. The van der Waals surface area contributed by atoms with Crippen molar-refractivity contribution in [2.45, 2.75) is 40.4 Å².